The quantitative estimate of drug-likeness (QED) is 0.772. The van der Waals surface area contributed by atoms with E-state index in [2.05, 4.69) is 33.2 Å². The van der Waals surface area contributed by atoms with Gasteiger partial charge < -0.3 is 9.64 Å². The third kappa shape index (κ3) is 3.75. The second-order valence-electron chi connectivity index (χ2n) is 6.61. The molecule has 7 heteroatoms. The zero-order chi connectivity index (χ0) is 15.8. The van der Waals surface area contributed by atoms with Gasteiger partial charge in [-0.25, -0.2) is 9.48 Å². The summed E-state index contributed by atoms with van der Waals surface area (Å²) in [6.45, 7) is 10.4. The lowest BCUT2D eigenvalue weighted by Gasteiger charge is -2.38. The van der Waals surface area contributed by atoms with Crippen LogP contribution in [0.1, 0.15) is 52.3 Å². The minimum Gasteiger partial charge on any atom is -0.444 e. The highest BCUT2D eigenvalue weighted by molar-refractivity contribution is 9.10. The standard InChI is InChI=1S/C14H23BrN4O2/c1-9-8-11(19-10(2)12(15)16-17-19)6-7-18(9)13(20)21-14(3,4)5/h9,11H,6-8H2,1-5H3/t9-,11+/m1/s1. The molecular formula is C14H23BrN4O2. The van der Waals surface area contributed by atoms with Gasteiger partial charge >= 0.3 is 6.09 Å². The lowest BCUT2D eigenvalue weighted by atomic mass is 9.98. The number of nitrogens with zero attached hydrogens (tertiary/aromatic N) is 4. The summed E-state index contributed by atoms with van der Waals surface area (Å²) in [5.74, 6) is 0. The first kappa shape index (κ1) is 16.3. The average molecular weight is 359 g/mol. The van der Waals surface area contributed by atoms with Crippen LogP contribution in [0.4, 0.5) is 4.79 Å². The van der Waals surface area contributed by atoms with Gasteiger partial charge in [-0.05, 0) is 63.4 Å². The predicted molar refractivity (Wildman–Crippen MR) is 83.1 cm³/mol. The van der Waals surface area contributed by atoms with E-state index in [1.807, 2.05) is 37.3 Å². The molecule has 21 heavy (non-hydrogen) atoms. The molecule has 0 radical (unpaired) electrons. The molecule has 1 aromatic rings. The van der Waals surface area contributed by atoms with E-state index in [-0.39, 0.29) is 18.2 Å². The van der Waals surface area contributed by atoms with Crippen LogP contribution in [0.25, 0.3) is 0 Å². The van der Waals surface area contributed by atoms with Gasteiger partial charge in [0.15, 0.2) is 4.60 Å². The van der Waals surface area contributed by atoms with E-state index in [1.165, 1.54) is 0 Å². The third-order valence-electron chi connectivity index (χ3n) is 3.69. The summed E-state index contributed by atoms with van der Waals surface area (Å²) in [4.78, 5) is 14.0. The van der Waals surface area contributed by atoms with Crippen LogP contribution in [0.3, 0.4) is 0 Å². The van der Waals surface area contributed by atoms with Gasteiger partial charge in [0.05, 0.1) is 11.7 Å². The molecule has 2 heterocycles. The first-order valence-corrected chi connectivity index (χ1v) is 8.05. The predicted octanol–water partition coefficient (Wildman–Crippen LogP) is 3.31. The Hall–Kier alpha value is -1.11. The SMILES string of the molecule is Cc1c(Br)nnn1[C@H]1CCN(C(=O)OC(C)(C)C)[C@H](C)C1. The van der Waals surface area contributed by atoms with Crippen molar-refractivity contribution in [1.29, 1.82) is 0 Å². The minimum atomic E-state index is -0.457. The maximum atomic E-state index is 12.2. The molecular weight excluding hydrogens is 336 g/mol. The molecule has 0 N–H and O–H groups in total. The van der Waals surface area contributed by atoms with E-state index < -0.39 is 5.60 Å². The lowest BCUT2D eigenvalue weighted by Crippen LogP contribution is -2.47. The Bertz CT molecular complexity index is 524. The zero-order valence-corrected chi connectivity index (χ0v) is 14.8. The van der Waals surface area contributed by atoms with Crippen molar-refractivity contribution < 1.29 is 9.53 Å². The Morgan fingerprint density at radius 2 is 2.10 bits per heavy atom. The molecule has 6 nitrogen and oxygen atoms in total. The monoisotopic (exact) mass is 358 g/mol. The molecule has 118 valence electrons. The third-order valence-corrected chi connectivity index (χ3v) is 4.43. The smallest absolute Gasteiger partial charge is 0.410 e. The summed E-state index contributed by atoms with van der Waals surface area (Å²) in [6, 6.07) is 0.401. The molecule has 1 fully saturated rings. The van der Waals surface area contributed by atoms with Crippen molar-refractivity contribution in [2.45, 2.75) is 65.1 Å². The van der Waals surface area contributed by atoms with Crippen molar-refractivity contribution in [2.24, 2.45) is 0 Å². The van der Waals surface area contributed by atoms with Crippen LogP contribution in [-0.2, 0) is 4.74 Å². The van der Waals surface area contributed by atoms with E-state index in [0.717, 1.165) is 23.1 Å². The molecule has 2 atom stereocenters. The van der Waals surface area contributed by atoms with Gasteiger partial charge in [0, 0.05) is 12.6 Å². The minimum absolute atomic E-state index is 0.126. The van der Waals surface area contributed by atoms with Crippen molar-refractivity contribution in [1.82, 2.24) is 19.9 Å². The first-order chi connectivity index (χ1) is 9.69. The number of halogens is 1. The van der Waals surface area contributed by atoms with Gasteiger partial charge in [0.1, 0.15) is 5.60 Å². The molecule has 1 aromatic heterocycles. The van der Waals surface area contributed by atoms with Gasteiger partial charge in [0.2, 0.25) is 0 Å². The van der Waals surface area contributed by atoms with Gasteiger partial charge in [-0.2, -0.15) is 0 Å². The summed E-state index contributed by atoms with van der Waals surface area (Å²) in [7, 11) is 0. The van der Waals surface area contributed by atoms with Crippen LogP contribution in [0.2, 0.25) is 0 Å². The summed E-state index contributed by atoms with van der Waals surface area (Å²) < 4.78 is 8.19. The number of likely N-dealkylation sites (tertiary alicyclic amines) is 1. The fourth-order valence-electron chi connectivity index (χ4n) is 2.63. The highest BCUT2D eigenvalue weighted by atomic mass is 79.9. The molecule has 1 amide bonds. The highest BCUT2D eigenvalue weighted by Gasteiger charge is 2.33. The molecule has 0 bridgehead atoms. The van der Waals surface area contributed by atoms with E-state index in [9.17, 15) is 4.79 Å². The molecule has 2 rings (SSSR count). The Labute approximate surface area is 134 Å². The second kappa shape index (κ2) is 5.94. The Kier molecular flexibility index (Phi) is 4.60. The zero-order valence-electron chi connectivity index (χ0n) is 13.3. The van der Waals surface area contributed by atoms with Crippen molar-refractivity contribution >= 4 is 22.0 Å². The van der Waals surface area contributed by atoms with Crippen LogP contribution < -0.4 is 0 Å². The Balaban J connectivity index is 2.02. The largest absolute Gasteiger partial charge is 0.444 e. The van der Waals surface area contributed by atoms with Crippen LogP contribution in [-0.4, -0.2) is 44.2 Å². The number of carbonyl (C=O) groups is 1. The highest BCUT2D eigenvalue weighted by Crippen LogP contribution is 2.29. The fourth-order valence-corrected chi connectivity index (χ4v) is 2.88. The van der Waals surface area contributed by atoms with E-state index in [0.29, 0.717) is 6.54 Å². The van der Waals surface area contributed by atoms with Crippen LogP contribution in [0.5, 0.6) is 0 Å². The number of amides is 1. The number of hydrogen-bond donors (Lipinski definition) is 0. The van der Waals surface area contributed by atoms with Gasteiger partial charge in [-0.3, -0.25) is 0 Å². The molecule has 0 unspecified atom stereocenters. The second-order valence-corrected chi connectivity index (χ2v) is 7.36. The van der Waals surface area contributed by atoms with Gasteiger partial charge in [-0.1, -0.05) is 5.21 Å². The Morgan fingerprint density at radius 1 is 1.43 bits per heavy atom. The van der Waals surface area contributed by atoms with E-state index in [4.69, 9.17) is 4.74 Å². The number of hydrogen-bond acceptors (Lipinski definition) is 4. The van der Waals surface area contributed by atoms with E-state index >= 15 is 0 Å². The maximum Gasteiger partial charge on any atom is 0.410 e. The summed E-state index contributed by atoms with van der Waals surface area (Å²) in [5, 5.41) is 8.23. The molecule has 1 aliphatic heterocycles. The summed E-state index contributed by atoms with van der Waals surface area (Å²) >= 11 is 3.39. The van der Waals surface area contributed by atoms with Crippen molar-refractivity contribution in [3.05, 3.63) is 10.3 Å². The number of ether oxygens (including phenoxy) is 1. The van der Waals surface area contributed by atoms with Crippen LogP contribution >= 0.6 is 15.9 Å². The van der Waals surface area contributed by atoms with Gasteiger partial charge in [-0.15, -0.1) is 5.10 Å². The topological polar surface area (TPSA) is 60.2 Å². The first-order valence-electron chi connectivity index (χ1n) is 7.26. The Morgan fingerprint density at radius 3 is 2.57 bits per heavy atom. The lowest BCUT2D eigenvalue weighted by molar-refractivity contribution is 0.00715. The summed E-state index contributed by atoms with van der Waals surface area (Å²) in [5.41, 5.74) is 0.569. The number of carbonyl (C=O) groups excluding carboxylic acids is 1. The normalized spacial score (nSPS) is 23.2. The van der Waals surface area contributed by atoms with Crippen molar-refractivity contribution in [3.63, 3.8) is 0 Å². The summed E-state index contributed by atoms with van der Waals surface area (Å²) in [6.07, 6.45) is 1.49. The molecule has 0 aromatic carbocycles. The van der Waals surface area contributed by atoms with Crippen molar-refractivity contribution in [3.8, 4) is 0 Å². The van der Waals surface area contributed by atoms with Gasteiger partial charge in [0.25, 0.3) is 0 Å². The number of aromatic nitrogens is 3. The average Bonchev–Trinajstić information content (AvgIpc) is 2.67. The number of piperidine rings is 1. The molecule has 0 saturated carbocycles. The number of rotatable bonds is 1. The molecule has 1 saturated heterocycles. The molecule has 0 spiro atoms. The van der Waals surface area contributed by atoms with Crippen LogP contribution in [0.15, 0.2) is 4.60 Å². The van der Waals surface area contributed by atoms with E-state index in [1.54, 1.807) is 0 Å². The molecule has 0 aliphatic carbocycles. The molecule has 1 aliphatic rings. The van der Waals surface area contributed by atoms with Crippen molar-refractivity contribution in [2.75, 3.05) is 6.54 Å². The van der Waals surface area contributed by atoms with Crippen LogP contribution in [0, 0.1) is 6.92 Å². The maximum absolute atomic E-state index is 12.2. The fraction of sp³-hybridized carbons (Fsp3) is 0.786.